The average molecular weight is 390 g/mol. The third-order valence-corrected chi connectivity index (χ3v) is 5.47. The number of rotatable bonds is 5. The van der Waals surface area contributed by atoms with Crippen LogP contribution in [-0.2, 0) is 17.6 Å². The number of carbonyl (C=O) groups excluding carboxylic acids is 2. The van der Waals surface area contributed by atoms with Crippen LogP contribution in [-0.4, -0.2) is 59.4 Å². The zero-order chi connectivity index (χ0) is 20.1. The van der Waals surface area contributed by atoms with Gasteiger partial charge in [-0.3, -0.25) is 4.79 Å². The molecule has 0 atom stereocenters. The van der Waals surface area contributed by atoms with Gasteiger partial charge in [-0.25, -0.2) is 4.79 Å². The zero-order valence-corrected chi connectivity index (χ0v) is 16.4. The Morgan fingerprint density at radius 2 is 1.59 bits per heavy atom. The summed E-state index contributed by atoms with van der Waals surface area (Å²) in [5.41, 5.74) is 3.28. The van der Waals surface area contributed by atoms with Gasteiger partial charge in [-0.15, -0.1) is 0 Å². The van der Waals surface area contributed by atoms with Crippen LogP contribution in [0.25, 0.3) is 10.9 Å². The number of nitrogens with one attached hydrogen (secondary N) is 2. The number of aromatic nitrogens is 1. The van der Waals surface area contributed by atoms with Crippen LogP contribution in [0.5, 0.6) is 0 Å². The summed E-state index contributed by atoms with van der Waals surface area (Å²) >= 11 is 0. The molecule has 0 bridgehead atoms. The Kier molecular flexibility index (Phi) is 5.79. The van der Waals surface area contributed by atoms with E-state index in [2.05, 4.69) is 22.4 Å². The Balaban J connectivity index is 1.23. The number of hydrogen-bond acceptors (Lipinski definition) is 2. The molecule has 4 rings (SSSR count). The maximum absolute atomic E-state index is 12.7. The van der Waals surface area contributed by atoms with Gasteiger partial charge in [-0.2, -0.15) is 0 Å². The Bertz CT molecular complexity index is 975. The molecule has 1 fully saturated rings. The average Bonchev–Trinajstić information content (AvgIpc) is 3.17. The van der Waals surface area contributed by atoms with Crippen molar-refractivity contribution < 1.29 is 9.59 Å². The minimum absolute atomic E-state index is 0.0512. The predicted molar refractivity (Wildman–Crippen MR) is 114 cm³/mol. The smallest absolute Gasteiger partial charge is 0.317 e. The number of benzene rings is 2. The van der Waals surface area contributed by atoms with Gasteiger partial charge in [0.15, 0.2) is 0 Å². The van der Waals surface area contributed by atoms with Gasteiger partial charge in [0.25, 0.3) is 0 Å². The van der Waals surface area contributed by atoms with Gasteiger partial charge in [-0.05, 0) is 23.6 Å². The summed E-state index contributed by atoms with van der Waals surface area (Å²) in [6.07, 6.45) is 3.11. The molecule has 2 N–H and O–H groups in total. The molecular formula is C23H26N4O2. The zero-order valence-electron chi connectivity index (χ0n) is 16.4. The van der Waals surface area contributed by atoms with Crippen molar-refractivity contribution >= 4 is 22.8 Å². The first kappa shape index (κ1) is 19.1. The van der Waals surface area contributed by atoms with Crippen LogP contribution in [0.2, 0.25) is 0 Å². The minimum Gasteiger partial charge on any atom is -0.361 e. The van der Waals surface area contributed by atoms with Crippen molar-refractivity contribution in [1.82, 2.24) is 20.1 Å². The molecule has 0 saturated carbocycles. The van der Waals surface area contributed by atoms with Gasteiger partial charge in [0.05, 0.1) is 6.42 Å². The molecule has 0 radical (unpaired) electrons. The van der Waals surface area contributed by atoms with E-state index in [-0.39, 0.29) is 11.9 Å². The third-order valence-electron chi connectivity index (χ3n) is 5.47. The molecule has 0 unspecified atom stereocenters. The van der Waals surface area contributed by atoms with Gasteiger partial charge < -0.3 is 20.1 Å². The molecule has 3 amide bonds. The number of H-pyrrole nitrogens is 1. The molecule has 6 heteroatoms. The second-order valence-corrected chi connectivity index (χ2v) is 7.37. The number of nitrogens with zero attached hydrogens (tertiary/aromatic N) is 2. The largest absolute Gasteiger partial charge is 0.361 e. The normalized spacial score (nSPS) is 14.2. The molecule has 1 saturated heterocycles. The van der Waals surface area contributed by atoms with E-state index in [1.807, 2.05) is 53.6 Å². The summed E-state index contributed by atoms with van der Waals surface area (Å²) in [6, 6.07) is 18.1. The van der Waals surface area contributed by atoms with Crippen LogP contribution in [0.15, 0.2) is 60.8 Å². The molecule has 0 spiro atoms. The van der Waals surface area contributed by atoms with E-state index in [4.69, 9.17) is 0 Å². The maximum Gasteiger partial charge on any atom is 0.317 e. The lowest BCUT2D eigenvalue weighted by Crippen LogP contribution is -2.53. The van der Waals surface area contributed by atoms with Crippen LogP contribution in [0.4, 0.5) is 4.79 Å². The predicted octanol–water partition coefficient (Wildman–Crippen LogP) is 2.81. The van der Waals surface area contributed by atoms with E-state index >= 15 is 0 Å². The van der Waals surface area contributed by atoms with Crippen LogP contribution in [0.3, 0.4) is 0 Å². The summed E-state index contributed by atoms with van der Waals surface area (Å²) < 4.78 is 0. The van der Waals surface area contributed by atoms with Gasteiger partial charge in [-0.1, -0.05) is 48.5 Å². The first-order valence-corrected chi connectivity index (χ1v) is 10.1. The van der Waals surface area contributed by atoms with E-state index in [0.717, 1.165) is 22.9 Å². The molecule has 2 heterocycles. The van der Waals surface area contributed by atoms with Crippen molar-refractivity contribution in [2.24, 2.45) is 0 Å². The first-order chi connectivity index (χ1) is 14.2. The van der Waals surface area contributed by atoms with Gasteiger partial charge >= 0.3 is 6.03 Å². The Labute approximate surface area is 170 Å². The minimum atomic E-state index is -0.0512. The Morgan fingerprint density at radius 1 is 0.897 bits per heavy atom. The SMILES string of the molecule is O=C(Cc1c[nH]c2ccccc12)N1CCN(C(=O)NCCc2ccccc2)CC1. The number of urea groups is 1. The highest BCUT2D eigenvalue weighted by atomic mass is 16.2. The van der Waals surface area contributed by atoms with Crippen molar-refractivity contribution in [1.29, 1.82) is 0 Å². The number of piperazine rings is 1. The summed E-state index contributed by atoms with van der Waals surface area (Å²) in [7, 11) is 0. The first-order valence-electron chi connectivity index (χ1n) is 10.1. The van der Waals surface area contributed by atoms with Crippen LogP contribution in [0.1, 0.15) is 11.1 Å². The molecule has 1 aliphatic heterocycles. The molecule has 1 aliphatic rings. The lowest BCUT2D eigenvalue weighted by atomic mass is 10.1. The molecule has 0 aliphatic carbocycles. The van der Waals surface area contributed by atoms with E-state index in [0.29, 0.717) is 39.1 Å². The van der Waals surface area contributed by atoms with Gasteiger partial charge in [0.1, 0.15) is 0 Å². The number of carbonyl (C=O) groups is 2. The Morgan fingerprint density at radius 3 is 2.38 bits per heavy atom. The number of fused-ring (bicyclic) bond motifs is 1. The molecule has 3 aromatic rings. The van der Waals surface area contributed by atoms with Gasteiger partial charge in [0.2, 0.25) is 5.91 Å². The monoisotopic (exact) mass is 390 g/mol. The van der Waals surface area contributed by atoms with E-state index < -0.39 is 0 Å². The molecule has 2 aromatic carbocycles. The fourth-order valence-electron chi connectivity index (χ4n) is 3.78. The summed E-state index contributed by atoms with van der Waals surface area (Å²) in [6.45, 7) is 2.90. The highest BCUT2D eigenvalue weighted by Gasteiger charge is 2.24. The molecular weight excluding hydrogens is 364 g/mol. The highest BCUT2D eigenvalue weighted by Crippen LogP contribution is 2.19. The second kappa shape index (κ2) is 8.82. The van der Waals surface area contributed by atoms with Crippen molar-refractivity contribution in [3.05, 3.63) is 71.9 Å². The lowest BCUT2D eigenvalue weighted by molar-refractivity contribution is -0.131. The molecule has 1 aromatic heterocycles. The summed E-state index contributed by atoms with van der Waals surface area (Å²) in [5, 5.41) is 4.08. The van der Waals surface area contributed by atoms with Crippen LogP contribution >= 0.6 is 0 Å². The fraction of sp³-hybridized carbons (Fsp3) is 0.304. The van der Waals surface area contributed by atoms with Crippen LogP contribution in [0, 0.1) is 0 Å². The van der Waals surface area contributed by atoms with Crippen molar-refractivity contribution in [2.75, 3.05) is 32.7 Å². The second-order valence-electron chi connectivity index (χ2n) is 7.37. The van der Waals surface area contributed by atoms with Crippen molar-refractivity contribution in [3.63, 3.8) is 0 Å². The molecule has 6 nitrogen and oxygen atoms in total. The number of aromatic amines is 1. The Hall–Kier alpha value is -3.28. The fourth-order valence-corrected chi connectivity index (χ4v) is 3.78. The van der Waals surface area contributed by atoms with E-state index in [1.54, 1.807) is 4.90 Å². The topological polar surface area (TPSA) is 68.4 Å². The summed E-state index contributed by atoms with van der Waals surface area (Å²) in [4.78, 5) is 31.9. The van der Waals surface area contributed by atoms with Crippen molar-refractivity contribution in [3.8, 4) is 0 Å². The third kappa shape index (κ3) is 4.59. The standard InChI is InChI=1S/C23H26N4O2/c28-22(16-19-17-25-21-9-5-4-8-20(19)21)26-12-14-27(15-13-26)23(29)24-11-10-18-6-2-1-3-7-18/h1-9,17,25H,10-16H2,(H,24,29). The van der Waals surface area contributed by atoms with Crippen molar-refractivity contribution in [2.45, 2.75) is 12.8 Å². The van der Waals surface area contributed by atoms with Gasteiger partial charge in [0, 0.05) is 49.8 Å². The summed E-state index contributed by atoms with van der Waals surface area (Å²) in [5.74, 6) is 0.110. The van der Waals surface area contributed by atoms with E-state index in [1.165, 1.54) is 5.56 Å². The highest BCUT2D eigenvalue weighted by molar-refractivity contribution is 5.89. The number of amides is 3. The van der Waals surface area contributed by atoms with E-state index in [9.17, 15) is 9.59 Å². The number of para-hydroxylation sites is 1. The quantitative estimate of drug-likeness (QED) is 0.703. The lowest BCUT2D eigenvalue weighted by Gasteiger charge is -2.34. The number of hydrogen-bond donors (Lipinski definition) is 2. The molecule has 150 valence electrons. The maximum atomic E-state index is 12.7. The molecule has 29 heavy (non-hydrogen) atoms. The van der Waals surface area contributed by atoms with Crippen LogP contribution < -0.4 is 5.32 Å².